The van der Waals surface area contributed by atoms with Crippen LogP contribution in [0.15, 0.2) is 48.7 Å². The van der Waals surface area contributed by atoms with Crippen LogP contribution in [-0.4, -0.2) is 43.6 Å². The van der Waals surface area contributed by atoms with Crippen LogP contribution in [0.25, 0.3) is 5.69 Å². The van der Waals surface area contributed by atoms with Gasteiger partial charge >= 0.3 is 0 Å². The summed E-state index contributed by atoms with van der Waals surface area (Å²) in [7, 11) is 0. The number of carbonyl (C=O) groups excluding carboxylic acids is 1. The maximum absolute atomic E-state index is 12.1. The van der Waals surface area contributed by atoms with Gasteiger partial charge in [-0.05, 0) is 36.6 Å². The van der Waals surface area contributed by atoms with E-state index in [9.17, 15) is 4.79 Å². The summed E-state index contributed by atoms with van der Waals surface area (Å²) in [4.78, 5) is 20.8. The van der Waals surface area contributed by atoms with E-state index in [1.165, 1.54) is 0 Å². The predicted molar refractivity (Wildman–Crippen MR) is 110 cm³/mol. The number of benzene rings is 1. The lowest BCUT2D eigenvalue weighted by Gasteiger charge is -2.32. The lowest BCUT2D eigenvalue weighted by molar-refractivity contribution is -0.130. The number of nitrogens with zero attached hydrogens (tertiary/aromatic N) is 6. The number of pyridine rings is 1. The molecule has 2 aliphatic heterocycles. The highest BCUT2D eigenvalue weighted by Gasteiger charge is 2.30. The van der Waals surface area contributed by atoms with Gasteiger partial charge in [0.25, 0.3) is 0 Å². The first-order valence-electron chi connectivity index (χ1n) is 10.1. The van der Waals surface area contributed by atoms with Crippen LogP contribution in [0.2, 0.25) is 0 Å². The third kappa shape index (κ3) is 3.26. The molecule has 7 nitrogen and oxygen atoms in total. The summed E-state index contributed by atoms with van der Waals surface area (Å²) in [5.41, 5.74) is 2.23. The molecule has 2 aliphatic rings. The molecule has 0 saturated carbocycles. The molecular weight excluding hydrogens is 364 g/mol. The molecule has 7 heteroatoms. The Morgan fingerprint density at radius 2 is 1.79 bits per heavy atom. The van der Waals surface area contributed by atoms with E-state index in [1.54, 1.807) is 6.92 Å². The first-order chi connectivity index (χ1) is 14.2. The molecule has 4 heterocycles. The molecule has 1 aromatic carbocycles. The van der Waals surface area contributed by atoms with Gasteiger partial charge in [-0.1, -0.05) is 24.3 Å². The second-order valence-corrected chi connectivity index (χ2v) is 7.76. The Morgan fingerprint density at radius 1 is 1.00 bits per heavy atom. The number of amides is 1. The molecule has 2 aromatic heterocycles. The van der Waals surface area contributed by atoms with Crippen LogP contribution < -0.4 is 4.90 Å². The highest BCUT2D eigenvalue weighted by molar-refractivity contribution is 5.73. The minimum atomic E-state index is 0.0569. The maximum atomic E-state index is 12.1. The Hall–Kier alpha value is -3.22. The number of fused-ring (bicyclic) bond motifs is 3. The largest absolute Gasteiger partial charge is 0.357 e. The average Bonchev–Trinajstić information content (AvgIpc) is 3.10. The summed E-state index contributed by atoms with van der Waals surface area (Å²) < 4.78 is 2.19. The number of para-hydroxylation sites is 1. The summed E-state index contributed by atoms with van der Waals surface area (Å²) >= 11 is 0. The van der Waals surface area contributed by atoms with Crippen molar-refractivity contribution in [2.24, 2.45) is 0 Å². The second kappa shape index (κ2) is 7.31. The summed E-state index contributed by atoms with van der Waals surface area (Å²) in [6.07, 6.45) is 3.86. The van der Waals surface area contributed by atoms with Crippen molar-refractivity contribution in [1.82, 2.24) is 24.6 Å². The van der Waals surface area contributed by atoms with E-state index >= 15 is 0 Å². The van der Waals surface area contributed by atoms with Gasteiger partial charge in [0.2, 0.25) is 5.91 Å². The van der Waals surface area contributed by atoms with E-state index < -0.39 is 0 Å². The number of rotatable bonds is 2. The quantitative estimate of drug-likeness (QED) is 0.675. The normalized spacial score (nSPS) is 16.9. The predicted octanol–water partition coefficient (Wildman–Crippen LogP) is 2.91. The minimum absolute atomic E-state index is 0.0569. The zero-order valence-corrected chi connectivity index (χ0v) is 16.5. The van der Waals surface area contributed by atoms with Crippen LogP contribution in [0.4, 0.5) is 5.82 Å². The number of carbonyl (C=O) groups is 1. The molecule has 3 aromatic rings. The molecule has 0 atom stereocenters. The SMILES string of the molecule is CC(=O)N1Cc2ccccc2-n2c(nnc2C2CCN(c3ccccn3)CC2)C1. The van der Waals surface area contributed by atoms with Crippen LogP contribution in [0, 0.1) is 0 Å². The molecule has 0 N–H and O–H groups in total. The molecule has 29 heavy (non-hydrogen) atoms. The van der Waals surface area contributed by atoms with Gasteiger partial charge in [0.15, 0.2) is 5.82 Å². The standard InChI is InChI=1S/C22H24N6O/c1-16(29)27-14-18-6-2-3-7-19(18)28-21(15-27)24-25-22(28)17-9-12-26(13-10-17)20-8-4-5-11-23-20/h2-8,11,17H,9-10,12-15H2,1H3. The molecule has 5 rings (SSSR count). The molecule has 148 valence electrons. The Kier molecular flexibility index (Phi) is 4.50. The van der Waals surface area contributed by atoms with Crippen molar-refractivity contribution in [3.05, 3.63) is 65.9 Å². The van der Waals surface area contributed by atoms with Gasteiger partial charge in [-0.25, -0.2) is 4.98 Å². The van der Waals surface area contributed by atoms with E-state index in [4.69, 9.17) is 0 Å². The zero-order valence-electron chi connectivity index (χ0n) is 16.5. The number of hydrogen-bond donors (Lipinski definition) is 0. The summed E-state index contributed by atoms with van der Waals surface area (Å²) in [6, 6.07) is 14.3. The molecule has 0 unspecified atom stereocenters. The van der Waals surface area contributed by atoms with Crippen LogP contribution in [0.3, 0.4) is 0 Å². The van der Waals surface area contributed by atoms with E-state index in [0.29, 0.717) is 19.0 Å². The number of hydrogen-bond acceptors (Lipinski definition) is 5. The van der Waals surface area contributed by atoms with Gasteiger partial charge in [-0.15, -0.1) is 10.2 Å². The highest BCUT2D eigenvalue weighted by Crippen LogP contribution is 2.33. The average molecular weight is 388 g/mol. The van der Waals surface area contributed by atoms with Gasteiger partial charge in [-0.2, -0.15) is 0 Å². The van der Waals surface area contributed by atoms with Gasteiger partial charge in [-0.3, -0.25) is 9.36 Å². The topological polar surface area (TPSA) is 67.2 Å². The van der Waals surface area contributed by atoms with Crippen LogP contribution in [0.5, 0.6) is 0 Å². The molecule has 1 fully saturated rings. The molecule has 1 amide bonds. The summed E-state index contributed by atoms with van der Waals surface area (Å²) in [6.45, 7) is 4.61. The van der Waals surface area contributed by atoms with Crippen molar-refractivity contribution in [1.29, 1.82) is 0 Å². The van der Waals surface area contributed by atoms with Crippen molar-refractivity contribution < 1.29 is 4.79 Å². The molecule has 0 spiro atoms. The fourth-order valence-electron chi connectivity index (χ4n) is 4.38. The minimum Gasteiger partial charge on any atom is -0.357 e. The molecule has 1 saturated heterocycles. The van der Waals surface area contributed by atoms with Gasteiger partial charge in [0.1, 0.15) is 11.6 Å². The lowest BCUT2D eigenvalue weighted by atomic mass is 9.95. The highest BCUT2D eigenvalue weighted by atomic mass is 16.2. The molecule has 0 bridgehead atoms. The Labute approximate surface area is 170 Å². The maximum Gasteiger partial charge on any atom is 0.220 e. The van der Waals surface area contributed by atoms with E-state index in [1.807, 2.05) is 35.4 Å². The Bertz CT molecular complexity index is 1020. The van der Waals surface area contributed by atoms with E-state index in [-0.39, 0.29) is 5.91 Å². The smallest absolute Gasteiger partial charge is 0.220 e. The summed E-state index contributed by atoms with van der Waals surface area (Å²) in [5, 5.41) is 9.09. The fraction of sp³-hybridized carbons (Fsp3) is 0.364. The Balaban J connectivity index is 1.45. The number of aromatic nitrogens is 4. The summed E-state index contributed by atoms with van der Waals surface area (Å²) in [5.74, 6) is 3.29. The van der Waals surface area contributed by atoms with E-state index in [0.717, 1.165) is 54.6 Å². The number of piperidine rings is 1. The molecule has 0 aliphatic carbocycles. The van der Waals surface area contributed by atoms with Crippen molar-refractivity contribution in [3.8, 4) is 5.69 Å². The monoisotopic (exact) mass is 388 g/mol. The Morgan fingerprint density at radius 3 is 2.55 bits per heavy atom. The van der Waals surface area contributed by atoms with Gasteiger partial charge in [0.05, 0.1) is 12.2 Å². The fourth-order valence-corrected chi connectivity index (χ4v) is 4.38. The van der Waals surface area contributed by atoms with Crippen LogP contribution in [0.1, 0.15) is 42.9 Å². The van der Waals surface area contributed by atoms with Crippen LogP contribution in [-0.2, 0) is 17.9 Å². The number of anilines is 1. The van der Waals surface area contributed by atoms with Gasteiger partial charge in [0, 0.05) is 38.7 Å². The van der Waals surface area contributed by atoms with Crippen molar-refractivity contribution in [2.75, 3.05) is 18.0 Å². The first kappa shape index (κ1) is 17.8. The third-order valence-corrected chi connectivity index (χ3v) is 5.96. The van der Waals surface area contributed by atoms with E-state index in [2.05, 4.69) is 42.8 Å². The van der Waals surface area contributed by atoms with Crippen molar-refractivity contribution >= 4 is 11.7 Å². The van der Waals surface area contributed by atoms with Crippen molar-refractivity contribution in [2.45, 2.75) is 38.8 Å². The molecule has 0 radical (unpaired) electrons. The zero-order chi connectivity index (χ0) is 19.8. The van der Waals surface area contributed by atoms with Crippen molar-refractivity contribution in [3.63, 3.8) is 0 Å². The van der Waals surface area contributed by atoms with Gasteiger partial charge < -0.3 is 9.80 Å². The van der Waals surface area contributed by atoms with Crippen LogP contribution >= 0.6 is 0 Å². The first-order valence-corrected chi connectivity index (χ1v) is 10.1. The molecular formula is C22H24N6O. The third-order valence-electron chi connectivity index (χ3n) is 5.96. The second-order valence-electron chi connectivity index (χ2n) is 7.76. The lowest BCUT2D eigenvalue weighted by Crippen LogP contribution is -2.34.